The Hall–Kier alpha value is -4.98. The Morgan fingerprint density at radius 1 is 0.735 bits per heavy atom. The van der Waals surface area contributed by atoms with Crippen molar-refractivity contribution in [3.8, 4) is 28.1 Å². The van der Waals surface area contributed by atoms with Gasteiger partial charge < -0.3 is 5.11 Å². The third-order valence-corrected chi connectivity index (χ3v) is 5.55. The van der Waals surface area contributed by atoms with E-state index in [1.54, 1.807) is 24.4 Å². The molecule has 0 saturated carbocycles. The molecule has 8 heteroatoms. The van der Waals surface area contributed by atoms with E-state index in [2.05, 4.69) is 35.6 Å². The lowest BCUT2D eigenvalue weighted by molar-refractivity contribution is 0.480. The van der Waals surface area contributed by atoms with Crippen molar-refractivity contribution in [2.45, 2.75) is 0 Å². The van der Waals surface area contributed by atoms with Crippen LogP contribution in [-0.4, -0.2) is 30.5 Å². The van der Waals surface area contributed by atoms with E-state index in [0.717, 1.165) is 27.8 Å². The van der Waals surface area contributed by atoms with Crippen molar-refractivity contribution in [2.75, 3.05) is 0 Å². The molecule has 0 bridgehead atoms. The van der Waals surface area contributed by atoms with Crippen LogP contribution in [0.4, 0.5) is 11.5 Å². The van der Waals surface area contributed by atoms with Crippen LogP contribution in [-0.2, 0) is 0 Å². The first kappa shape index (κ1) is 19.7. The van der Waals surface area contributed by atoms with Crippen LogP contribution >= 0.6 is 0 Å². The van der Waals surface area contributed by atoms with E-state index in [0.29, 0.717) is 28.1 Å². The molecular formula is C26H17N7O. The molecule has 0 unspecified atom stereocenters. The summed E-state index contributed by atoms with van der Waals surface area (Å²) in [5.74, 6) is 0.486. The van der Waals surface area contributed by atoms with Gasteiger partial charge in [-0.2, -0.15) is 5.10 Å². The van der Waals surface area contributed by atoms with E-state index in [1.165, 1.54) is 0 Å². The third kappa shape index (κ3) is 3.34. The molecule has 0 amide bonds. The fraction of sp³-hybridized carbons (Fsp3) is 0. The molecule has 0 saturated heterocycles. The maximum Gasteiger partial charge on any atom is 0.205 e. The van der Waals surface area contributed by atoms with Gasteiger partial charge in [0.1, 0.15) is 17.0 Å². The first-order valence-corrected chi connectivity index (χ1v) is 10.6. The van der Waals surface area contributed by atoms with Crippen molar-refractivity contribution < 1.29 is 5.11 Å². The highest BCUT2D eigenvalue weighted by Crippen LogP contribution is 2.40. The van der Waals surface area contributed by atoms with Crippen molar-refractivity contribution in [1.82, 2.24) is 25.4 Å². The van der Waals surface area contributed by atoms with Crippen LogP contribution in [0.5, 0.6) is 5.75 Å². The zero-order valence-electron chi connectivity index (χ0n) is 17.8. The van der Waals surface area contributed by atoms with Gasteiger partial charge in [-0.05, 0) is 29.8 Å². The fourth-order valence-electron chi connectivity index (χ4n) is 3.98. The topological polar surface area (TPSA) is 112 Å². The van der Waals surface area contributed by atoms with Gasteiger partial charge in [0.25, 0.3) is 0 Å². The van der Waals surface area contributed by atoms with Gasteiger partial charge in [-0.1, -0.05) is 60.7 Å². The number of azo groups is 1. The minimum absolute atomic E-state index is 0.0916. The number of phenolic OH excluding ortho intramolecular Hbond substituents is 1. The summed E-state index contributed by atoms with van der Waals surface area (Å²) in [5.41, 5.74) is 5.07. The molecule has 0 fully saturated rings. The molecule has 6 rings (SSSR count). The molecule has 3 heterocycles. The Morgan fingerprint density at radius 3 is 2.29 bits per heavy atom. The van der Waals surface area contributed by atoms with Crippen molar-refractivity contribution in [2.24, 2.45) is 10.2 Å². The van der Waals surface area contributed by atoms with E-state index < -0.39 is 0 Å². The fourth-order valence-corrected chi connectivity index (χ4v) is 3.98. The molecule has 34 heavy (non-hydrogen) atoms. The molecular weight excluding hydrogens is 426 g/mol. The maximum atomic E-state index is 10.1. The zero-order valence-corrected chi connectivity index (χ0v) is 17.8. The number of aromatic amines is 1. The van der Waals surface area contributed by atoms with Gasteiger partial charge >= 0.3 is 0 Å². The summed E-state index contributed by atoms with van der Waals surface area (Å²) in [7, 11) is 0. The van der Waals surface area contributed by atoms with Crippen LogP contribution in [0.25, 0.3) is 44.3 Å². The second-order valence-corrected chi connectivity index (χ2v) is 7.63. The second kappa shape index (κ2) is 8.18. The summed E-state index contributed by atoms with van der Waals surface area (Å²) in [6, 6.07) is 26.8. The minimum atomic E-state index is 0.0916. The van der Waals surface area contributed by atoms with Crippen LogP contribution in [0, 0.1) is 0 Å². The number of fused-ring (bicyclic) bond motifs is 2. The number of hydrogen-bond donors (Lipinski definition) is 2. The summed E-state index contributed by atoms with van der Waals surface area (Å²) in [6.45, 7) is 0. The maximum absolute atomic E-state index is 10.1. The van der Waals surface area contributed by atoms with Crippen molar-refractivity contribution >= 4 is 33.4 Å². The van der Waals surface area contributed by atoms with Crippen LogP contribution < -0.4 is 0 Å². The number of aromatic hydroxyl groups is 1. The highest BCUT2D eigenvalue weighted by atomic mass is 16.3. The molecule has 2 N–H and O–H groups in total. The lowest BCUT2D eigenvalue weighted by Gasteiger charge is -2.10. The Balaban J connectivity index is 1.57. The molecule has 0 aliphatic carbocycles. The van der Waals surface area contributed by atoms with Gasteiger partial charge in [0, 0.05) is 22.7 Å². The largest absolute Gasteiger partial charge is 0.506 e. The number of benzene rings is 3. The van der Waals surface area contributed by atoms with Crippen LogP contribution in [0.3, 0.4) is 0 Å². The molecule has 0 aliphatic rings. The van der Waals surface area contributed by atoms with Crippen molar-refractivity contribution in [3.05, 3.63) is 91.1 Å². The number of hydrogen-bond acceptors (Lipinski definition) is 7. The van der Waals surface area contributed by atoms with E-state index in [9.17, 15) is 5.11 Å². The minimum Gasteiger partial charge on any atom is -0.506 e. The molecule has 6 aromatic rings. The quantitative estimate of drug-likeness (QED) is 0.308. The summed E-state index contributed by atoms with van der Waals surface area (Å²) in [5, 5.41) is 36.6. The Morgan fingerprint density at radius 2 is 1.50 bits per heavy atom. The van der Waals surface area contributed by atoms with Crippen LogP contribution in [0.2, 0.25) is 0 Å². The van der Waals surface area contributed by atoms with E-state index in [1.807, 2.05) is 66.7 Å². The predicted octanol–water partition coefficient (Wildman–Crippen LogP) is 6.36. The molecule has 0 aliphatic heterocycles. The first-order valence-electron chi connectivity index (χ1n) is 10.6. The number of aromatic nitrogens is 5. The van der Waals surface area contributed by atoms with E-state index in [4.69, 9.17) is 0 Å². The lowest BCUT2D eigenvalue weighted by Crippen LogP contribution is -1.94. The van der Waals surface area contributed by atoms with E-state index >= 15 is 0 Å². The van der Waals surface area contributed by atoms with E-state index in [-0.39, 0.29) is 5.75 Å². The third-order valence-electron chi connectivity index (χ3n) is 5.55. The predicted molar refractivity (Wildman–Crippen MR) is 130 cm³/mol. The Kier molecular flexibility index (Phi) is 4.73. The van der Waals surface area contributed by atoms with Crippen molar-refractivity contribution in [1.29, 1.82) is 0 Å². The standard InChI is InChI=1S/C26H17N7O/c34-20-14-13-19(18-12-7-15-27-24(18)20)28-30-25-22-21(16-8-3-1-4-9-16)23(17-10-5-2-6-11-17)29-31-26(22)33-32-25/h1-15,34H,(H,31,32,33). The summed E-state index contributed by atoms with van der Waals surface area (Å²) in [6.07, 6.45) is 1.63. The Labute approximate surface area is 193 Å². The lowest BCUT2D eigenvalue weighted by atomic mass is 9.97. The van der Waals surface area contributed by atoms with Gasteiger partial charge in [0.15, 0.2) is 5.65 Å². The monoisotopic (exact) mass is 443 g/mol. The highest BCUT2D eigenvalue weighted by Gasteiger charge is 2.20. The molecule has 0 spiro atoms. The van der Waals surface area contributed by atoms with Gasteiger partial charge in [0.05, 0.1) is 11.1 Å². The SMILES string of the molecule is Oc1ccc(N=Nc2n[nH]c3nnc(-c4ccccc4)c(-c4ccccc4)c23)c2cccnc12. The summed E-state index contributed by atoms with van der Waals surface area (Å²) >= 11 is 0. The average Bonchev–Trinajstić information content (AvgIpc) is 3.32. The zero-order chi connectivity index (χ0) is 22.9. The molecule has 3 aromatic heterocycles. The number of nitrogens with zero attached hydrogens (tertiary/aromatic N) is 6. The Bertz CT molecular complexity index is 1660. The molecule has 0 radical (unpaired) electrons. The number of rotatable bonds is 4. The second-order valence-electron chi connectivity index (χ2n) is 7.63. The average molecular weight is 443 g/mol. The first-order chi connectivity index (χ1) is 16.8. The summed E-state index contributed by atoms with van der Waals surface area (Å²) in [4.78, 5) is 4.24. The highest BCUT2D eigenvalue weighted by molar-refractivity contribution is 6.04. The summed E-state index contributed by atoms with van der Waals surface area (Å²) < 4.78 is 0. The smallest absolute Gasteiger partial charge is 0.205 e. The van der Waals surface area contributed by atoms with Gasteiger partial charge in [-0.3, -0.25) is 10.1 Å². The number of H-pyrrole nitrogens is 1. The van der Waals surface area contributed by atoms with Crippen LogP contribution in [0.15, 0.2) is 101 Å². The molecule has 162 valence electrons. The number of nitrogens with one attached hydrogen (secondary N) is 1. The van der Waals surface area contributed by atoms with Crippen LogP contribution in [0.1, 0.15) is 0 Å². The number of pyridine rings is 1. The molecule has 3 aromatic carbocycles. The van der Waals surface area contributed by atoms with Gasteiger partial charge in [-0.15, -0.1) is 20.4 Å². The van der Waals surface area contributed by atoms with Crippen molar-refractivity contribution in [3.63, 3.8) is 0 Å². The number of phenols is 1. The molecule has 8 nitrogen and oxygen atoms in total. The van der Waals surface area contributed by atoms with Gasteiger partial charge in [-0.25, -0.2) is 0 Å². The normalized spacial score (nSPS) is 11.5. The molecule has 0 atom stereocenters. The van der Waals surface area contributed by atoms with Gasteiger partial charge in [0.2, 0.25) is 5.82 Å².